The summed E-state index contributed by atoms with van der Waals surface area (Å²) in [6, 6.07) is 23.8. The van der Waals surface area contributed by atoms with E-state index in [1.807, 2.05) is 55.5 Å². The highest BCUT2D eigenvalue weighted by Gasteiger charge is 2.24. The first kappa shape index (κ1) is 26.8. The highest BCUT2D eigenvalue weighted by molar-refractivity contribution is 6.04. The molecule has 1 aliphatic carbocycles. The van der Waals surface area contributed by atoms with Gasteiger partial charge < -0.3 is 20.9 Å². The first-order valence-corrected chi connectivity index (χ1v) is 14.1. The number of anilines is 3. The Kier molecular flexibility index (Phi) is 8.78. The maximum Gasteiger partial charge on any atom is 0.323 e. The Bertz CT molecular complexity index is 1260. The second kappa shape index (κ2) is 12.8. The molecule has 0 spiro atoms. The van der Waals surface area contributed by atoms with E-state index in [9.17, 15) is 9.59 Å². The molecule has 7 heteroatoms. The van der Waals surface area contributed by atoms with Crippen molar-refractivity contribution in [1.29, 1.82) is 0 Å². The first-order chi connectivity index (χ1) is 19.0. The average Bonchev–Trinajstić information content (AvgIpc) is 2.94. The highest BCUT2D eigenvalue weighted by Crippen LogP contribution is 2.27. The monoisotopic (exact) mass is 525 g/mol. The van der Waals surface area contributed by atoms with Crippen molar-refractivity contribution < 1.29 is 9.59 Å². The maximum absolute atomic E-state index is 13.6. The predicted molar refractivity (Wildman–Crippen MR) is 159 cm³/mol. The van der Waals surface area contributed by atoms with Gasteiger partial charge in [-0.25, -0.2) is 4.79 Å². The third-order valence-electron chi connectivity index (χ3n) is 7.68. The molecule has 2 aliphatic rings. The molecule has 2 fully saturated rings. The van der Waals surface area contributed by atoms with Crippen LogP contribution in [0.15, 0.2) is 72.8 Å². The van der Waals surface area contributed by atoms with E-state index < -0.39 is 0 Å². The van der Waals surface area contributed by atoms with E-state index in [0.29, 0.717) is 11.3 Å². The first-order valence-electron chi connectivity index (χ1n) is 14.1. The Morgan fingerprint density at radius 2 is 1.51 bits per heavy atom. The van der Waals surface area contributed by atoms with E-state index in [4.69, 9.17) is 0 Å². The molecular weight excluding hydrogens is 486 g/mol. The van der Waals surface area contributed by atoms with Crippen LogP contribution in [0.25, 0.3) is 0 Å². The largest absolute Gasteiger partial charge is 0.368 e. The Morgan fingerprint density at radius 1 is 0.795 bits per heavy atom. The van der Waals surface area contributed by atoms with Gasteiger partial charge in [-0.3, -0.25) is 9.69 Å². The Labute approximate surface area is 231 Å². The number of hydrogen-bond acceptors (Lipinski definition) is 4. The molecule has 5 rings (SSSR count). The van der Waals surface area contributed by atoms with Crippen molar-refractivity contribution >= 4 is 29.0 Å². The minimum absolute atomic E-state index is 0.0636. The normalized spacial score (nSPS) is 16.5. The Balaban J connectivity index is 1.29. The van der Waals surface area contributed by atoms with Gasteiger partial charge in [-0.05, 0) is 61.2 Å². The van der Waals surface area contributed by atoms with Gasteiger partial charge in [0.2, 0.25) is 0 Å². The van der Waals surface area contributed by atoms with Crippen molar-refractivity contribution in [3.05, 3.63) is 89.5 Å². The lowest BCUT2D eigenvalue weighted by atomic mass is 9.95. The summed E-state index contributed by atoms with van der Waals surface area (Å²) in [4.78, 5) is 31.1. The van der Waals surface area contributed by atoms with Gasteiger partial charge in [0.05, 0.1) is 5.56 Å². The zero-order valence-corrected chi connectivity index (χ0v) is 22.8. The standard InChI is InChI=1S/C32H39N5O2/c1-24-9-8-14-27(21-24)34-32(39)35-28-15-16-30(29(22-28)31(38)33-26-12-6-3-7-13-26)37-19-17-36(18-20-37)23-25-10-4-2-5-11-25/h2,4-5,8-11,14-16,21-22,26H,3,6-7,12-13,17-20,23H2,1H3,(H,33,38)(H2,34,35,39). The molecule has 1 saturated heterocycles. The summed E-state index contributed by atoms with van der Waals surface area (Å²) in [6.45, 7) is 6.46. The fourth-order valence-electron chi connectivity index (χ4n) is 5.59. The summed E-state index contributed by atoms with van der Waals surface area (Å²) < 4.78 is 0. The van der Waals surface area contributed by atoms with Crippen molar-refractivity contribution in [2.45, 2.75) is 51.6 Å². The summed E-state index contributed by atoms with van der Waals surface area (Å²) in [6.07, 6.45) is 5.59. The molecule has 1 aliphatic heterocycles. The molecule has 3 N–H and O–H groups in total. The van der Waals surface area contributed by atoms with E-state index in [2.05, 4.69) is 50.0 Å². The molecule has 1 heterocycles. The number of piperazine rings is 1. The Morgan fingerprint density at radius 3 is 2.23 bits per heavy atom. The van der Waals surface area contributed by atoms with Gasteiger partial charge in [-0.15, -0.1) is 0 Å². The summed E-state index contributed by atoms with van der Waals surface area (Å²) in [5, 5.41) is 9.08. The van der Waals surface area contributed by atoms with Crippen LogP contribution in [0.1, 0.15) is 53.6 Å². The number of carbonyl (C=O) groups is 2. The fraction of sp³-hybridized carbons (Fsp3) is 0.375. The van der Waals surface area contributed by atoms with Crippen LogP contribution in [-0.2, 0) is 6.54 Å². The van der Waals surface area contributed by atoms with Crippen molar-refractivity contribution in [3.8, 4) is 0 Å². The van der Waals surface area contributed by atoms with Crippen LogP contribution in [0.4, 0.5) is 21.9 Å². The van der Waals surface area contributed by atoms with E-state index in [1.54, 1.807) is 0 Å². The average molecular weight is 526 g/mol. The number of hydrogen-bond donors (Lipinski definition) is 3. The van der Waals surface area contributed by atoms with Gasteiger partial charge in [0.15, 0.2) is 0 Å². The van der Waals surface area contributed by atoms with Gasteiger partial charge in [-0.2, -0.15) is 0 Å². The topological polar surface area (TPSA) is 76.7 Å². The molecule has 0 aromatic heterocycles. The number of carbonyl (C=O) groups excluding carboxylic acids is 2. The SMILES string of the molecule is Cc1cccc(NC(=O)Nc2ccc(N3CCN(Cc4ccccc4)CC3)c(C(=O)NC3CCCCC3)c2)c1. The second-order valence-corrected chi connectivity index (χ2v) is 10.7. The number of urea groups is 1. The van der Waals surface area contributed by atoms with Crippen molar-refractivity contribution in [2.24, 2.45) is 0 Å². The number of nitrogens with one attached hydrogen (secondary N) is 3. The quantitative estimate of drug-likeness (QED) is 0.352. The summed E-state index contributed by atoms with van der Waals surface area (Å²) in [7, 11) is 0. The molecule has 39 heavy (non-hydrogen) atoms. The molecule has 0 bridgehead atoms. The molecule has 7 nitrogen and oxygen atoms in total. The molecule has 3 aromatic rings. The summed E-state index contributed by atoms with van der Waals surface area (Å²) in [5.41, 5.74) is 5.26. The molecule has 3 aromatic carbocycles. The smallest absolute Gasteiger partial charge is 0.323 e. The van der Waals surface area contributed by atoms with Crippen molar-refractivity contribution in [2.75, 3.05) is 41.7 Å². The van der Waals surface area contributed by atoms with Gasteiger partial charge in [0.25, 0.3) is 5.91 Å². The molecule has 0 unspecified atom stereocenters. The lowest BCUT2D eigenvalue weighted by Gasteiger charge is -2.37. The van der Waals surface area contributed by atoms with Gasteiger partial charge >= 0.3 is 6.03 Å². The van der Waals surface area contributed by atoms with Gasteiger partial charge in [0, 0.05) is 55.8 Å². The van der Waals surface area contributed by atoms with Crippen LogP contribution in [0.3, 0.4) is 0 Å². The van der Waals surface area contributed by atoms with E-state index in [-0.39, 0.29) is 18.0 Å². The van der Waals surface area contributed by atoms with E-state index in [0.717, 1.165) is 75.3 Å². The minimum Gasteiger partial charge on any atom is -0.368 e. The number of aryl methyl sites for hydroxylation is 1. The summed E-state index contributed by atoms with van der Waals surface area (Å²) in [5.74, 6) is -0.0636. The lowest BCUT2D eigenvalue weighted by molar-refractivity contribution is 0.0928. The maximum atomic E-state index is 13.6. The predicted octanol–water partition coefficient (Wildman–Crippen LogP) is 6.02. The lowest BCUT2D eigenvalue weighted by Crippen LogP contribution is -2.46. The van der Waals surface area contributed by atoms with Crippen LogP contribution in [-0.4, -0.2) is 49.1 Å². The van der Waals surface area contributed by atoms with Gasteiger partial charge in [0.1, 0.15) is 0 Å². The molecule has 204 valence electrons. The number of rotatable bonds is 7. The number of nitrogens with zero attached hydrogens (tertiary/aromatic N) is 2. The summed E-state index contributed by atoms with van der Waals surface area (Å²) >= 11 is 0. The van der Waals surface area contributed by atoms with Crippen molar-refractivity contribution in [1.82, 2.24) is 10.2 Å². The van der Waals surface area contributed by atoms with Crippen LogP contribution < -0.4 is 20.9 Å². The third kappa shape index (κ3) is 7.39. The number of benzene rings is 3. The highest BCUT2D eigenvalue weighted by atomic mass is 16.2. The van der Waals surface area contributed by atoms with Crippen LogP contribution >= 0.6 is 0 Å². The molecule has 3 amide bonds. The third-order valence-corrected chi connectivity index (χ3v) is 7.68. The van der Waals surface area contributed by atoms with Crippen LogP contribution in [0.2, 0.25) is 0 Å². The van der Waals surface area contributed by atoms with Gasteiger partial charge in [-0.1, -0.05) is 61.7 Å². The van der Waals surface area contributed by atoms with Crippen LogP contribution in [0.5, 0.6) is 0 Å². The van der Waals surface area contributed by atoms with Crippen molar-refractivity contribution in [3.63, 3.8) is 0 Å². The molecular formula is C32H39N5O2. The second-order valence-electron chi connectivity index (χ2n) is 10.7. The molecule has 0 atom stereocenters. The van der Waals surface area contributed by atoms with E-state index in [1.165, 1.54) is 12.0 Å². The fourth-order valence-corrected chi connectivity index (χ4v) is 5.59. The molecule has 0 radical (unpaired) electrons. The van der Waals surface area contributed by atoms with E-state index >= 15 is 0 Å². The zero-order chi connectivity index (χ0) is 27.0. The molecule has 1 saturated carbocycles. The zero-order valence-electron chi connectivity index (χ0n) is 22.8. The van der Waals surface area contributed by atoms with Crippen LogP contribution in [0, 0.1) is 6.92 Å². The minimum atomic E-state index is -0.332. The number of amides is 3. The Hall–Kier alpha value is -3.84.